The Labute approximate surface area is 71.5 Å². The van der Waals surface area contributed by atoms with Crippen LogP contribution in [-0.4, -0.2) is 23.1 Å². The number of aliphatic imine (C=N–C) groups is 1. The summed E-state index contributed by atoms with van der Waals surface area (Å²) in [6.07, 6.45) is 0.844. The van der Waals surface area contributed by atoms with Gasteiger partial charge in [0.2, 0.25) is 0 Å². The van der Waals surface area contributed by atoms with E-state index in [9.17, 15) is 4.79 Å². The van der Waals surface area contributed by atoms with Crippen molar-refractivity contribution in [1.29, 1.82) is 0 Å². The maximum absolute atomic E-state index is 10.3. The van der Waals surface area contributed by atoms with Crippen molar-refractivity contribution in [1.82, 2.24) is 0 Å². The maximum Gasteiger partial charge on any atom is 0.174 e. The Morgan fingerprint density at radius 2 is 2.27 bits per heavy atom. The van der Waals surface area contributed by atoms with Crippen LogP contribution < -0.4 is 0 Å². The van der Waals surface area contributed by atoms with Gasteiger partial charge in [0.05, 0.1) is 6.54 Å². The molecule has 0 radical (unpaired) electrons. The smallest absolute Gasteiger partial charge is 0.174 e. The molecule has 0 unspecified atom stereocenters. The average Bonchev–Trinajstić information content (AvgIpc) is 2.32. The minimum Gasteiger partial charge on any atom is -0.296 e. The Kier molecular flexibility index (Phi) is 2.37. The first-order valence-corrected chi connectivity index (χ1v) is 4.58. The second-order valence-electron chi connectivity index (χ2n) is 3.77. The summed E-state index contributed by atoms with van der Waals surface area (Å²) in [6.45, 7) is 7.32. The molecule has 3 heteroatoms. The van der Waals surface area contributed by atoms with Gasteiger partial charge in [-0.1, -0.05) is 32.5 Å². The fourth-order valence-corrected chi connectivity index (χ4v) is 1.91. The molecule has 0 aromatic heterocycles. The fraction of sp³-hybridized carbons (Fsp3) is 0.750. The first-order chi connectivity index (χ1) is 5.04. The summed E-state index contributed by atoms with van der Waals surface area (Å²) < 4.78 is 0. The van der Waals surface area contributed by atoms with Crippen LogP contribution in [0.15, 0.2) is 4.99 Å². The van der Waals surface area contributed by atoms with Crippen molar-refractivity contribution in [3.63, 3.8) is 0 Å². The van der Waals surface area contributed by atoms with Gasteiger partial charge in [-0.2, -0.15) is 0 Å². The summed E-state index contributed by atoms with van der Waals surface area (Å²) in [6, 6.07) is 0. The molecule has 11 heavy (non-hydrogen) atoms. The SMILES string of the molecule is CC(C)(C)[C@@H]1CN=C(C=O)S1. The molecule has 2 nitrogen and oxygen atoms in total. The van der Waals surface area contributed by atoms with E-state index in [4.69, 9.17) is 0 Å². The zero-order valence-corrected chi connectivity index (χ0v) is 7.94. The molecule has 0 aliphatic carbocycles. The Morgan fingerprint density at radius 3 is 2.55 bits per heavy atom. The lowest BCUT2D eigenvalue weighted by atomic mass is 9.92. The van der Waals surface area contributed by atoms with Crippen molar-refractivity contribution in [3.8, 4) is 0 Å². The summed E-state index contributed by atoms with van der Waals surface area (Å²) >= 11 is 1.60. The summed E-state index contributed by atoms with van der Waals surface area (Å²) in [4.78, 5) is 14.4. The molecule has 1 aliphatic rings. The van der Waals surface area contributed by atoms with E-state index in [1.54, 1.807) is 11.8 Å². The Balaban J connectivity index is 2.54. The van der Waals surface area contributed by atoms with E-state index < -0.39 is 0 Å². The van der Waals surface area contributed by atoms with Crippen LogP contribution in [-0.2, 0) is 4.79 Å². The zero-order chi connectivity index (χ0) is 8.48. The van der Waals surface area contributed by atoms with Crippen molar-refractivity contribution < 1.29 is 4.79 Å². The first kappa shape index (κ1) is 8.78. The Bertz CT molecular complexity index is 193. The maximum atomic E-state index is 10.3. The molecular formula is C8H13NOS. The minimum absolute atomic E-state index is 0.249. The van der Waals surface area contributed by atoms with E-state index in [2.05, 4.69) is 25.8 Å². The summed E-state index contributed by atoms with van der Waals surface area (Å²) in [5.74, 6) is 0. The molecule has 0 N–H and O–H groups in total. The van der Waals surface area contributed by atoms with Gasteiger partial charge in [-0.3, -0.25) is 9.79 Å². The number of hydrogen-bond donors (Lipinski definition) is 0. The molecule has 1 atom stereocenters. The monoisotopic (exact) mass is 171 g/mol. The molecule has 0 aromatic carbocycles. The van der Waals surface area contributed by atoms with Gasteiger partial charge in [0.1, 0.15) is 5.04 Å². The van der Waals surface area contributed by atoms with E-state index in [1.807, 2.05) is 0 Å². The standard InChI is InChI=1S/C8H13NOS/c1-8(2,3)6-4-9-7(5-10)11-6/h5-6H,4H2,1-3H3/t6-/m0/s1. The lowest BCUT2D eigenvalue weighted by Crippen LogP contribution is -2.23. The zero-order valence-electron chi connectivity index (χ0n) is 7.13. The highest BCUT2D eigenvalue weighted by molar-refractivity contribution is 8.16. The van der Waals surface area contributed by atoms with Crippen molar-refractivity contribution in [3.05, 3.63) is 0 Å². The van der Waals surface area contributed by atoms with Crippen LogP contribution >= 0.6 is 11.8 Å². The molecule has 1 heterocycles. The third-order valence-electron chi connectivity index (χ3n) is 1.74. The van der Waals surface area contributed by atoms with Crippen LogP contribution in [0.2, 0.25) is 0 Å². The molecule has 0 spiro atoms. The second kappa shape index (κ2) is 2.97. The number of carbonyl (C=O) groups is 1. The van der Waals surface area contributed by atoms with Crippen molar-refractivity contribution >= 4 is 23.1 Å². The Morgan fingerprint density at radius 1 is 1.64 bits per heavy atom. The molecule has 1 rings (SSSR count). The number of thioether (sulfide) groups is 1. The van der Waals surface area contributed by atoms with Crippen molar-refractivity contribution in [2.45, 2.75) is 26.0 Å². The van der Waals surface area contributed by atoms with E-state index in [1.165, 1.54) is 0 Å². The number of aldehydes is 1. The van der Waals surface area contributed by atoms with Gasteiger partial charge < -0.3 is 0 Å². The highest BCUT2D eigenvalue weighted by Crippen LogP contribution is 2.34. The van der Waals surface area contributed by atoms with E-state index in [0.717, 1.165) is 12.8 Å². The highest BCUT2D eigenvalue weighted by atomic mass is 32.2. The molecular weight excluding hydrogens is 158 g/mol. The predicted octanol–water partition coefficient (Wildman–Crippen LogP) is 1.75. The van der Waals surface area contributed by atoms with Gasteiger partial charge in [-0.25, -0.2) is 0 Å². The van der Waals surface area contributed by atoms with Gasteiger partial charge in [0.15, 0.2) is 6.29 Å². The van der Waals surface area contributed by atoms with Crippen LogP contribution in [0, 0.1) is 5.41 Å². The number of nitrogens with zero attached hydrogens (tertiary/aromatic N) is 1. The molecule has 0 amide bonds. The normalized spacial score (nSPS) is 25.0. The fourth-order valence-electron chi connectivity index (χ4n) is 0.909. The van der Waals surface area contributed by atoms with Gasteiger partial charge in [-0.05, 0) is 5.41 Å². The number of carbonyl (C=O) groups excluding carboxylic acids is 1. The van der Waals surface area contributed by atoms with Gasteiger partial charge in [0, 0.05) is 5.25 Å². The van der Waals surface area contributed by atoms with Gasteiger partial charge in [-0.15, -0.1) is 0 Å². The topological polar surface area (TPSA) is 29.4 Å². The highest BCUT2D eigenvalue weighted by Gasteiger charge is 2.30. The number of rotatable bonds is 1. The molecule has 0 fully saturated rings. The third-order valence-corrected chi connectivity index (χ3v) is 3.35. The van der Waals surface area contributed by atoms with E-state index in [-0.39, 0.29) is 5.41 Å². The largest absolute Gasteiger partial charge is 0.296 e. The number of hydrogen-bond acceptors (Lipinski definition) is 3. The van der Waals surface area contributed by atoms with Gasteiger partial charge >= 0.3 is 0 Å². The van der Waals surface area contributed by atoms with Gasteiger partial charge in [0.25, 0.3) is 0 Å². The van der Waals surface area contributed by atoms with E-state index >= 15 is 0 Å². The third kappa shape index (κ3) is 2.06. The first-order valence-electron chi connectivity index (χ1n) is 3.70. The quantitative estimate of drug-likeness (QED) is 0.562. The second-order valence-corrected chi connectivity index (χ2v) is 4.99. The molecule has 0 bridgehead atoms. The predicted molar refractivity (Wildman–Crippen MR) is 49.2 cm³/mol. The Hall–Kier alpha value is -0.310. The molecule has 62 valence electrons. The van der Waals surface area contributed by atoms with Crippen LogP contribution in [0.1, 0.15) is 20.8 Å². The minimum atomic E-state index is 0.249. The van der Waals surface area contributed by atoms with Crippen LogP contribution in [0.25, 0.3) is 0 Å². The molecule has 0 aromatic rings. The molecule has 0 saturated heterocycles. The van der Waals surface area contributed by atoms with Crippen molar-refractivity contribution in [2.24, 2.45) is 10.4 Å². The lowest BCUT2D eigenvalue weighted by molar-refractivity contribution is -0.102. The van der Waals surface area contributed by atoms with E-state index in [0.29, 0.717) is 10.3 Å². The van der Waals surface area contributed by atoms with Crippen LogP contribution in [0.5, 0.6) is 0 Å². The average molecular weight is 171 g/mol. The van der Waals surface area contributed by atoms with Crippen molar-refractivity contribution in [2.75, 3.05) is 6.54 Å². The van der Waals surface area contributed by atoms with Crippen LogP contribution in [0.4, 0.5) is 0 Å². The summed E-state index contributed by atoms with van der Waals surface area (Å²) in [5.41, 5.74) is 0.249. The summed E-state index contributed by atoms with van der Waals surface area (Å²) in [7, 11) is 0. The van der Waals surface area contributed by atoms with Crippen LogP contribution in [0.3, 0.4) is 0 Å². The molecule has 1 aliphatic heterocycles. The lowest BCUT2D eigenvalue weighted by Gasteiger charge is -2.24. The molecule has 0 saturated carbocycles. The summed E-state index contributed by atoms with van der Waals surface area (Å²) in [5, 5.41) is 1.13.